The lowest BCUT2D eigenvalue weighted by atomic mass is 9.80. The van der Waals surface area contributed by atoms with Gasteiger partial charge in [-0.2, -0.15) is 0 Å². The smallest absolute Gasteiger partial charge is 0.148 e. The van der Waals surface area contributed by atoms with Crippen LogP contribution in [0, 0.1) is 11.7 Å². The van der Waals surface area contributed by atoms with E-state index in [1.165, 1.54) is 19.3 Å². The molecule has 1 N–H and O–H groups in total. The number of halogens is 3. The van der Waals surface area contributed by atoms with Crippen LogP contribution < -0.4 is 5.32 Å². The fourth-order valence-electron chi connectivity index (χ4n) is 3.94. The van der Waals surface area contributed by atoms with Crippen molar-refractivity contribution in [3.63, 3.8) is 0 Å². The maximum atomic E-state index is 14.8. The quantitative estimate of drug-likeness (QED) is 0.802. The van der Waals surface area contributed by atoms with Crippen molar-refractivity contribution in [3.8, 4) is 0 Å². The normalized spacial score (nSPS) is 22.7. The first kappa shape index (κ1) is 16.5. The maximum absolute atomic E-state index is 14.8. The number of benzene rings is 1. The Balaban J connectivity index is 1.98. The monoisotopic (exact) mass is 344 g/mol. The first-order chi connectivity index (χ1) is 10.7. The van der Waals surface area contributed by atoms with Crippen LogP contribution in [0.5, 0.6) is 0 Å². The minimum atomic E-state index is -0.330. The molecule has 1 aliphatic carbocycles. The summed E-state index contributed by atoms with van der Waals surface area (Å²) < 4.78 is 14.8. The number of nitrogens with zero attached hydrogens (tertiary/aromatic N) is 1. The molecule has 5 heteroatoms. The van der Waals surface area contributed by atoms with Gasteiger partial charge in [0.15, 0.2) is 0 Å². The SMILES string of the molecule is Fc1c(Cl)ccc(Cl)c1[C@@H](C1CCCCC1)N1CCNCC1. The van der Waals surface area contributed by atoms with Crippen molar-refractivity contribution in [3.05, 3.63) is 33.6 Å². The van der Waals surface area contributed by atoms with Crippen LogP contribution in [0.25, 0.3) is 0 Å². The van der Waals surface area contributed by atoms with Gasteiger partial charge < -0.3 is 5.32 Å². The van der Waals surface area contributed by atoms with Gasteiger partial charge in [0.25, 0.3) is 0 Å². The van der Waals surface area contributed by atoms with Crippen molar-refractivity contribution >= 4 is 23.2 Å². The zero-order valence-electron chi connectivity index (χ0n) is 12.8. The number of hydrogen-bond donors (Lipinski definition) is 1. The summed E-state index contributed by atoms with van der Waals surface area (Å²) in [4.78, 5) is 2.40. The lowest BCUT2D eigenvalue weighted by Crippen LogP contribution is -2.47. The molecule has 22 heavy (non-hydrogen) atoms. The van der Waals surface area contributed by atoms with Gasteiger partial charge in [0, 0.05) is 42.8 Å². The average Bonchev–Trinajstić information content (AvgIpc) is 2.57. The molecule has 1 aromatic rings. The van der Waals surface area contributed by atoms with E-state index in [2.05, 4.69) is 10.2 Å². The van der Waals surface area contributed by atoms with Crippen LogP contribution in [0.15, 0.2) is 12.1 Å². The van der Waals surface area contributed by atoms with Crippen LogP contribution in [0.2, 0.25) is 10.0 Å². The summed E-state index contributed by atoms with van der Waals surface area (Å²) in [5.74, 6) is 0.139. The Morgan fingerprint density at radius 3 is 2.36 bits per heavy atom. The van der Waals surface area contributed by atoms with Crippen molar-refractivity contribution < 1.29 is 4.39 Å². The molecule has 0 radical (unpaired) electrons. The standard InChI is InChI=1S/C17H23Cl2FN2/c18-13-6-7-14(19)16(20)15(13)17(12-4-2-1-3-5-12)22-10-8-21-9-11-22/h6-7,12,17,21H,1-5,8-11H2/t17-/m1/s1. The number of piperazine rings is 1. The summed E-state index contributed by atoms with van der Waals surface area (Å²) in [5, 5.41) is 4.06. The summed E-state index contributed by atoms with van der Waals surface area (Å²) in [5.41, 5.74) is 0.614. The number of rotatable bonds is 3. The third kappa shape index (κ3) is 3.43. The van der Waals surface area contributed by atoms with Crippen molar-refractivity contribution in [2.24, 2.45) is 5.92 Å². The van der Waals surface area contributed by atoms with Crippen molar-refractivity contribution in [1.29, 1.82) is 0 Å². The molecular formula is C17H23Cl2FN2. The predicted molar refractivity (Wildman–Crippen MR) is 90.2 cm³/mol. The highest BCUT2D eigenvalue weighted by Gasteiger charge is 2.34. The summed E-state index contributed by atoms with van der Waals surface area (Å²) in [6.45, 7) is 3.76. The molecule has 0 amide bonds. The van der Waals surface area contributed by atoms with Gasteiger partial charge in [0.2, 0.25) is 0 Å². The highest BCUT2D eigenvalue weighted by Crippen LogP contribution is 2.43. The highest BCUT2D eigenvalue weighted by molar-refractivity contribution is 6.33. The Labute approximate surface area is 142 Å². The van der Waals surface area contributed by atoms with Gasteiger partial charge in [-0.3, -0.25) is 4.90 Å². The van der Waals surface area contributed by atoms with E-state index in [0.29, 0.717) is 16.5 Å². The molecule has 1 aromatic carbocycles. The molecule has 0 spiro atoms. The summed E-state index contributed by atoms with van der Waals surface area (Å²) in [6.07, 6.45) is 6.05. The van der Waals surface area contributed by atoms with E-state index in [-0.39, 0.29) is 16.9 Å². The Kier molecular flexibility index (Phi) is 5.61. The molecule has 1 saturated heterocycles. The Bertz CT molecular complexity index is 494. The fourth-order valence-corrected chi connectivity index (χ4v) is 4.36. The third-order valence-corrected chi connectivity index (χ3v) is 5.64. The average molecular weight is 345 g/mol. The van der Waals surface area contributed by atoms with Gasteiger partial charge in [0.05, 0.1) is 5.02 Å². The molecular weight excluding hydrogens is 322 g/mol. The topological polar surface area (TPSA) is 15.3 Å². The van der Waals surface area contributed by atoms with Gasteiger partial charge in [-0.1, -0.05) is 42.5 Å². The Hall–Kier alpha value is -0.350. The molecule has 2 fully saturated rings. The highest BCUT2D eigenvalue weighted by atomic mass is 35.5. The van der Waals surface area contributed by atoms with Gasteiger partial charge in [-0.05, 0) is 30.9 Å². The molecule has 1 saturated carbocycles. The lowest BCUT2D eigenvalue weighted by Gasteiger charge is -2.41. The van der Waals surface area contributed by atoms with Crippen LogP contribution >= 0.6 is 23.2 Å². The van der Waals surface area contributed by atoms with Crippen molar-refractivity contribution in [1.82, 2.24) is 10.2 Å². The molecule has 1 atom stereocenters. The molecule has 0 unspecified atom stereocenters. The molecule has 2 nitrogen and oxygen atoms in total. The first-order valence-electron chi connectivity index (χ1n) is 8.26. The van der Waals surface area contributed by atoms with E-state index in [9.17, 15) is 4.39 Å². The van der Waals surface area contributed by atoms with E-state index >= 15 is 0 Å². The van der Waals surface area contributed by atoms with Crippen LogP contribution in [0.3, 0.4) is 0 Å². The fraction of sp³-hybridized carbons (Fsp3) is 0.647. The van der Waals surface area contributed by atoms with Gasteiger partial charge >= 0.3 is 0 Å². The maximum Gasteiger partial charge on any atom is 0.148 e. The molecule has 0 aromatic heterocycles. The third-order valence-electron chi connectivity index (χ3n) is 5.02. The first-order valence-corrected chi connectivity index (χ1v) is 9.02. The second-order valence-electron chi connectivity index (χ2n) is 6.39. The van der Waals surface area contributed by atoms with E-state index in [1.807, 2.05) is 0 Å². The minimum Gasteiger partial charge on any atom is -0.314 e. The second kappa shape index (κ2) is 7.48. The van der Waals surface area contributed by atoms with Gasteiger partial charge in [0.1, 0.15) is 5.82 Å². The molecule has 0 bridgehead atoms. The van der Waals surface area contributed by atoms with Gasteiger partial charge in [-0.25, -0.2) is 4.39 Å². The zero-order chi connectivity index (χ0) is 15.5. The van der Waals surface area contributed by atoms with Crippen LogP contribution in [0.4, 0.5) is 4.39 Å². The molecule has 122 valence electrons. The molecule has 1 aliphatic heterocycles. The number of hydrogen-bond acceptors (Lipinski definition) is 2. The number of nitrogens with one attached hydrogen (secondary N) is 1. The van der Waals surface area contributed by atoms with Crippen LogP contribution in [0.1, 0.15) is 43.7 Å². The summed E-state index contributed by atoms with van der Waals surface area (Å²) in [7, 11) is 0. The van der Waals surface area contributed by atoms with Crippen LogP contribution in [-0.2, 0) is 0 Å². The van der Waals surface area contributed by atoms with E-state index in [4.69, 9.17) is 23.2 Å². The molecule has 1 heterocycles. The van der Waals surface area contributed by atoms with E-state index in [0.717, 1.165) is 39.0 Å². The Morgan fingerprint density at radius 1 is 1.05 bits per heavy atom. The molecule has 3 rings (SSSR count). The zero-order valence-corrected chi connectivity index (χ0v) is 14.3. The van der Waals surface area contributed by atoms with E-state index in [1.54, 1.807) is 12.1 Å². The summed E-state index contributed by atoms with van der Waals surface area (Å²) >= 11 is 12.4. The largest absolute Gasteiger partial charge is 0.314 e. The minimum absolute atomic E-state index is 0.0496. The Morgan fingerprint density at radius 2 is 1.68 bits per heavy atom. The lowest BCUT2D eigenvalue weighted by molar-refractivity contribution is 0.101. The summed E-state index contributed by atoms with van der Waals surface area (Å²) in [6, 6.07) is 3.34. The van der Waals surface area contributed by atoms with Gasteiger partial charge in [-0.15, -0.1) is 0 Å². The molecule has 2 aliphatic rings. The van der Waals surface area contributed by atoms with Crippen LogP contribution in [-0.4, -0.2) is 31.1 Å². The van der Waals surface area contributed by atoms with Crippen molar-refractivity contribution in [2.75, 3.05) is 26.2 Å². The second-order valence-corrected chi connectivity index (χ2v) is 7.20. The predicted octanol–water partition coefficient (Wildman–Crippen LogP) is 4.66. The van der Waals surface area contributed by atoms with E-state index < -0.39 is 0 Å². The van der Waals surface area contributed by atoms with Crippen molar-refractivity contribution in [2.45, 2.75) is 38.1 Å².